The van der Waals surface area contributed by atoms with Gasteiger partial charge in [0.15, 0.2) is 0 Å². The maximum Gasteiger partial charge on any atom is 0.234 e. The molecule has 1 aliphatic rings. The zero-order valence-electron chi connectivity index (χ0n) is 16.6. The predicted molar refractivity (Wildman–Crippen MR) is 108 cm³/mol. The molecule has 2 aromatic heterocycles. The van der Waals surface area contributed by atoms with Crippen molar-refractivity contribution in [3.05, 3.63) is 23.4 Å². The van der Waals surface area contributed by atoms with Crippen molar-refractivity contribution in [2.45, 2.75) is 19.3 Å². The summed E-state index contributed by atoms with van der Waals surface area (Å²) in [5, 5.41) is 8.81. The molecule has 1 saturated heterocycles. The van der Waals surface area contributed by atoms with Crippen LogP contribution in [0.4, 0.5) is 0 Å². The molecule has 3 heterocycles. The number of methoxy groups -OCH3 is 1. The molecule has 2 amide bonds. The molecule has 29 heavy (non-hydrogen) atoms. The van der Waals surface area contributed by atoms with E-state index in [0.29, 0.717) is 70.4 Å². The Kier molecular flexibility index (Phi) is 8.14. The summed E-state index contributed by atoms with van der Waals surface area (Å²) in [6, 6.07) is 3.87. The number of carbonyl (C=O) groups excluding carboxylic acids is 2. The number of ether oxygens (including phenoxy) is 1. The monoisotopic (exact) mass is 421 g/mol. The van der Waals surface area contributed by atoms with Crippen molar-refractivity contribution in [3.8, 4) is 10.7 Å². The van der Waals surface area contributed by atoms with Crippen LogP contribution in [0, 0.1) is 0 Å². The number of hydrogen-bond acceptors (Lipinski definition) is 8. The van der Waals surface area contributed by atoms with Crippen molar-refractivity contribution < 1.29 is 18.8 Å². The topological polar surface area (TPSA) is 101 Å². The van der Waals surface area contributed by atoms with Gasteiger partial charge in [0.25, 0.3) is 0 Å². The number of amides is 2. The summed E-state index contributed by atoms with van der Waals surface area (Å²) in [4.78, 5) is 33.6. The molecule has 0 unspecified atom stereocenters. The van der Waals surface area contributed by atoms with Crippen LogP contribution in [0.1, 0.15) is 18.7 Å². The molecule has 1 aliphatic heterocycles. The number of hydrogen-bond donors (Lipinski definition) is 1. The summed E-state index contributed by atoms with van der Waals surface area (Å²) in [5.74, 6) is 1.13. The molecule has 0 saturated carbocycles. The average molecular weight is 422 g/mol. The van der Waals surface area contributed by atoms with Crippen molar-refractivity contribution in [1.82, 2.24) is 25.3 Å². The zero-order valence-corrected chi connectivity index (χ0v) is 17.4. The van der Waals surface area contributed by atoms with Crippen LogP contribution in [0.2, 0.25) is 0 Å². The SMILES string of the molecule is COCCCNC(=O)CN1CCN(C(=O)CCc2nc(-c3cccs3)no2)CC1. The number of carbonyl (C=O) groups is 2. The first-order chi connectivity index (χ1) is 14.2. The van der Waals surface area contributed by atoms with Crippen LogP contribution in [-0.2, 0) is 20.7 Å². The molecular formula is C19H27N5O4S. The summed E-state index contributed by atoms with van der Waals surface area (Å²) >= 11 is 1.55. The van der Waals surface area contributed by atoms with Crippen molar-refractivity contribution in [1.29, 1.82) is 0 Å². The van der Waals surface area contributed by atoms with E-state index in [0.717, 1.165) is 11.3 Å². The second-order valence-corrected chi connectivity index (χ2v) is 7.79. The smallest absolute Gasteiger partial charge is 0.234 e. The summed E-state index contributed by atoms with van der Waals surface area (Å²) < 4.78 is 10.2. The van der Waals surface area contributed by atoms with E-state index < -0.39 is 0 Å². The van der Waals surface area contributed by atoms with E-state index in [-0.39, 0.29) is 11.8 Å². The summed E-state index contributed by atoms with van der Waals surface area (Å²) in [5.41, 5.74) is 0. The van der Waals surface area contributed by atoms with Crippen LogP contribution in [-0.4, -0.2) is 84.7 Å². The number of piperazine rings is 1. The maximum atomic E-state index is 12.5. The minimum Gasteiger partial charge on any atom is -0.385 e. The first kappa shape index (κ1) is 21.4. The minimum absolute atomic E-state index is 0.0128. The van der Waals surface area contributed by atoms with Crippen LogP contribution >= 0.6 is 11.3 Å². The van der Waals surface area contributed by atoms with Crippen molar-refractivity contribution >= 4 is 23.2 Å². The van der Waals surface area contributed by atoms with E-state index in [1.165, 1.54) is 0 Å². The third-order valence-corrected chi connectivity index (χ3v) is 5.57. The quantitative estimate of drug-likeness (QED) is 0.572. The molecule has 0 atom stereocenters. The highest BCUT2D eigenvalue weighted by molar-refractivity contribution is 7.13. The Morgan fingerprint density at radius 1 is 1.31 bits per heavy atom. The second-order valence-electron chi connectivity index (χ2n) is 6.84. The van der Waals surface area contributed by atoms with Crippen LogP contribution in [0.15, 0.2) is 22.0 Å². The van der Waals surface area contributed by atoms with Crippen LogP contribution in [0.5, 0.6) is 0 Å². The fourth-order valence-electron chi connectivity index (χ4n) is 3.09. The van der Waals surface area contributed by atoms with Gasteiger partial charge in [-0.2, -0.15) is 4.98 Å². The fraction of sp³-hybridized carbons (Fsp3) is 0.579. The average Bonchev–Trinajstić information content (AvgIpc) is 3.41. The van der Waals surface area contributed by atoms with Gasteiger partial charge in [0.1, 0.15) is 0 Å². The molecule has 10 heteroatoms. The van der Waals surface area contributed by atoms with Crippen LogP contribution in [0.25, 0.3) is 10.7 Å². The first-order valence-electron chi connectivity index (χ1n) is 9.78. The Morgan fingerprint density at radius 3 is 2.86 bits per heavy atom. The number of nitrogens with zero attached hydrogens (tertiary/aromatic N) is 4. The molecule has 158 valence electrons. The number of aryl methyl sites for hydroxylation is 1. The maximum absolute atomic E-state index is 12.5. The van der Waals surface area contributed by atoms with E-state index in [1.54, 1.807) is 18.4 Å². The van der Waals surface area contributed by atoms with Gasteiger partial charge in [0.05, 0.1) is 11.4 Å². The lowest BCUT2D eigenvalue weighted by Gasteiger charge is -2.34. The van der Waals surface area contributed by atoms with E-state index >= 15 is 0 Å². The number of nitrogens with one attached hydrogen (secondary N) is 1. The van der Waals surface area contributed by atoms with Crippen LogP contribution < -0.4 is 5.32 Å². The molecule has 9 nitrogen and oxygen atoms in total. The predicted octanol–water partition coefficient (Wildman–Crippen LogP) is 1.03. The minimum atomic E-state index is 0.0128. The van der Waals surface area contributed by atoms with Gasteiger partial charge in [-0.3, -0.25) is 14.5 Å². The van der Waals surface area contributed by atoms with Gasteiger partial charge in [-0.05, 0) is 17.9 Å². The summed E-state index contributed by atoms with van der Waals surface area (Å²) in [6.45, 7) is 4.26. The molecule has 0 radical (unpaired) electrons. The Balaban J connectivity index is 1.34. The highest BCUT2D eigenvalue weighted by Gasteiger charge is 2.22. The van der Waals surface area contributed by atoms with E-state index in [1.807, 2.05) is 22.4 Å². The molecule has 1 fully saturated rings. The highest BCUT2D eigenvalue weighted by atomic mass is 32.1. The summed E-state index contributed by atoms with van der Waals surface area (Å²) in [6.07, 6.45) is 1.58. The Hall–Kier alpha value is -2.30. The zero-order chi connectivity index (χ0) is 20.5. The Labute approximate surface area is 174 Å². The molecular weight excluding hydrogens is 394 g/mol. The highest BCUT2D eigenvalue weighted by Crippen LogP contribution is 2.21. The molecule has 0 aromatic carbocycles. The molecule has 0 spiro atoms. The van der Waals surface area contributed by atoms with Gasteiger partial charge >= 0.3 is 0 Å². The first-order valence-corrected chi connectivity index (χ1v) is 10.7. The fourth-order valence-corrected chi connectivity index (χ4v) is 3.74. The Bertz CT molecular complexity index is 771. The van der Waals surface area contributed by atoms with Crippen molar-refractivity contribution in [3.63, 3.8) is 0 Å². The largest absolute Gasteiger partial charge is 0.385 e. The van der Waals surface area contributed by atoms with E-state index in [4.69, 9.17) is 9.26 Å². The third kappa shape index (κ3) is 6.62. The Morgan fingerprint density at radius 2 is 2.14 bits per heavy atom. The van der Waals surface area contributed by atoms with E-state index in [2.05, 4.69) is 20.4 Å². The lowest BCUT2D eigenvalue weighted by molar-refractivity contribution is -0.133. The third-order valence-electron chi connectivity index (χ3n) is 4.70. The molecule has 0 aliphatic carbocycles. The van der Waals surface area contributed by atoms with E-state index in [9.17, 15) is 9.59 Å². The summed E-state index contributed by atoms with van der Waals surface area (Å²) in [7, 11) is 1.65. The number of thiophene rings is 1. The van der Waals surface area contributed by atoms with Gasteiger partial charge in [0, 0.05) is 59.3 Å². The van der Waals surface area contributed by atoms with Crippen LogP contribution in [0.3, 0.4) is 0 Å². The lowest BCUT2D eigenvalue weighted by atomic mass is 10.2. The van der Waals surface area contributed by atoms with Gasteiger partial charge in [-0.1, -0.05) is 11.2 Å². The molecule has 0 bridgehead atoms. The number of aromatic nitrogens is 2. The number of rotatable bonds is 10. The van der Waals surface area contributed by atoms with Crippen molar-refractivity contribution in [2.24, 2.45) is 0 Å². The molecule has 2 aromatic rings. The van der Waals surface area contributed by atoms with Crippen molar-refractivity contribution in [2.75, 3.05) is 53.0 Å². The van der Waals surface area contributed by atoms with Gasteiger partial charge < -0.3 is 19.5 Å². The van der Waals surface area contributed by atoms with Gasteiger partial charge in [0.2, 0.25) is 23.5 Å². The normalized spacial score (nSPS) is 14.9. The van der Waals surface area contributed by atoms with Gasteiger partial charge in [-0.15, -0.1) is 11.3 Å². The second kappa shape index (κ2) is 11.0. The standard InChI is InChI=1S/C19H27N5O4S/c1-27-12-3-7-20-16(25)14-23-8-10-24(11-9-23)18(26)6-5-17-21-19(22-28-17)15-4-2-13-29-15/h2,4,13H,3,5-12,14H2,1H3,(H,20,25). The molecule has 3 rings (SSSR count). The van der Waals surface area contributed by atoms with Gasteiger partial charge in [-0.25, -0.2) is 0 Å². The lowest BCUT2D eigenvalue weighted by Crippen LogP contribution is -2.51. The molecule has 1 N–H and O–H groups in total.